The van der Waals surface area contributed by atoms with E-state index in [1.807, 2.05) is 6.92 Å². The molecule has 2 unspecified atom stereocenters. The van der Waals surface area contributed by atoms with E-state index in [4.69, 9.17) is 5.11 Å². The Morgan fingerprint density at radius 2 is 2.43 bits per heavy atom. The Morgan fingerprint density at radius 1 is 1.64 bits per heavy atom. The number of rotatable bonds is 4. The standard InChI is InChI=1S/C10H20N2O2/c1-8(5-7-13)12-10(14)9-4-2-3-6-11-9/h8-9,11,13H,2-7H2,1H3,(H,12,14). The van der Waals surface area contributed by atoms with E-state index >= 15 is 0 Å². The first-order valence-corrected chi connectivity index (χ1v) is 5.38. The Hall–Kier alpha value is -0.610. The van der Waals surface area contributed by atoms with Crippen molar-refractivity contribution >= 4 is 5.91 Å². The summed E-state index contributed by atoms with van der Waals surface area (Å²) in [5.41, 5.74) is 0. The van der Waals surface area contributed by atoms with E-state index in [1.165, 1.54) is 0 Å². The number of aliphatic hydroxyl groups is 1. The summed E-state index contributed by atoms with van der Waals surface area (Å²) in [6, 6.07) is 0.0427. The summed E-state index contributed by atoms with van der Waals surface area (Å²) in [6.07, 6.45) is 3.84. The molecule has 0 radical (unpaired) electrons. The second kappa shape index (κ2) is 5.98. The third kappa shape index (κ3) is 3.64. The average Bonchev–Trinajstić information content (AvgIpc) is 2.19. The minimum Gasteiger partial charge on any atom is -0.396 e. The smallest absolute Gasteiger partial charge is 0.237 e. The van der Waals surface area contributed by atoms with Crippen LogP contribution >= 0.6 is 0 Å². The van der Waals surface area contributed by atoms with Gasteiger partial charge in [0.05, 0.1) is 6.04 Å². The van der Waals surface area contributed by atoms with E-state index in [0.29, 0.717) is 6.42 Å². The lowest BCUT2D eigenvalue weighted by molar-refractivity contribution is -0.124. The fraction of sp³-hybridized carbons (Fsp3) is 0.900. The van der Waals surface area contributed by atoms with Gasteiger partial charge < -0.3 is 15.7 Å². The first-order valence-electron chi connectivity index (χ1n) is 5.38. The molecule has 1 aliphatic rings. The molecule has 3 N–H and O–H groups in total. The fourth-order valence-corrected chi connectivity index (χ4v) is 1.68. The molecule has 1 heterocycles. The topological polar surface area (TPSA) is 61.4 Å². The normalized spacial score (nSPS) is 24.3. The van der Waals surface area contributed by atoms with Gasteiger partial charge in [-0.2, -0.15) is 0 Å². The zero-order valence-electron chi connectivity index (χ0n) is 8.75. The van der Waals surface area contributed by atoms with Crippen LogP contribution in [0.5, 0.6) is 0 Å². The molecule has 0 aromatic rings. The van der Waals surface area contributed by atoms with Gasteiger partial charge in [-0.1, -0.05) is 6.42 Å². The summed E-state index contributed by atoms with van der Waals surface area (Å²) in [6.45, 7) is 2.98. The van der Waals surface area contributed by atoms with Crippen molar-refractivity contribution in [2.45, 2.75) is 44.7 Å². The molecule has 1 amide bonds. The van der Waals surface area contributed by atoms with Gasteiger partial charge in [0.1, 0.15) is 0 Å². The van der Waals surface area contributed by atoms with Crippen molar-refractivity contribution in [3.05, 3.63) is 0 Å². The first-order chi connectivity index (χ1) is 6.74. The first kappa shape index (κ1) is 11.5. The number of carbonyl (C=O) groups is 1. The molecule has 1 aliphatic heterocycles. The lowest BCUT2D eigenvalue weighted by Gasteiger charge is -2.24. The third-order valence-electron chi connectivity index (χ3n) is 2.58. The largest absolute Gasteiger partial charge is 0.396 e. The Labute approximate surface area is 85.1 Å². The van der Waals surface area contributed by atoms with Crippen LogP contribution in [-0.2, 0) is 4.79 Å². The van der Waals surface area contributed by atoms with Crippen molar-refractivity contribution in [3.63, 3.8) is 0 Å². The van der Waals surface area contributed by atoms with Gasteiger partial charge in [-0.05, 0) is 32.7 Å². The maximum Gasteiger partial charge on any atom is 0.237 e. The summed E-state index contributed by atoms with van der Waals surface area (Å²) in [5, 5.41) is 14.8. The molecule has 0 bridgehead atoms. The number of hydrogen-bond acceptors (Lipinski definition) is 3. The highest BCUT2D eigenvalue weighted by Crippen LogP contribution is 2.07. The molecule has 4 heteroatoms. The minimum atomic E-state index is -0.0232. The maximum absolute atomic E-state index is 11.6. The lowest BCUT2D eigenvalue weighted by atomic mass is 10.0. The van der Waals surface area contributed by atoms with Gasteiger partial charge >= 0.3 is 0 Å². The van der Waals surface area contributed by atoms with Crippen molar-refractivity contribution in [2.24, 2.45) is 0 Å². The molecular formula is C10H20N2O2. The van der Waals surface area contributed by atoms with Crippen LogP contribution in [-0.4, -0.2) is 36.2 Å². The Bertz CT molecular complexity index is 179. The zero-order valence-corrected chi connectivity index (χ0v) is 8.75. The molecule has 0 aliphatic carbocycles. The molecular weight excluding hydrogens is 180 g/mol. The van der Waals surface area contributed by atoms with Gasteiger partial charge in [0.2, 0.25) is 5.91 Å². The van der Waals surface area contributed by atoms with Crippen molar-refractivity contribution in [1.82, 2.24) is 10.6 Å². The fourth-order valence-electron chi connectivity index (χ4n) is 1.68. The van der Waals surface area contributed by atoms with E-state index in [0.717, 1.165) is 25.8 Å². The molecule has 0 aromatic heterocycles. The van der Waals surface area contributed by atoms with Crippen molar-refractivity contribution in [1.29, 1.82) is 0 Å². The van der Waals surface area contributed by atoms with Gasteiger partial charge in [-0.25, -0.2) is 0 Å². The van der Waals surface area contributed by atoms with Gasteiger partial charge in [-0.15, -0.1) is 0 Å². The van der Waals surface area contributed by atoms with Crippen molar-refractivity contribution in [2.75, 3.05) is 13.2 Å². The van der Waals surface area contributed by atoms with E-state index in [1.54, 1.807) is 0 Å². The number of amides is 1. The molecule has 0 aromatic carbocycles. The Morgan fingerprint density at radius 3 is 3.00 bits per heavy atom. The van der Waals surface area contributed by atoms with Crippen LogP contribution in [0.2, 0.25) is 0 Å². The number of hydrogen-bond donors (Lipinski definition) is 3. The number of piperidine rings is 1. The van der Waals surface area contributed by atoms with Crippen LogP contribution < -0.4 is 10.6 Å². The van der Waals surface area contributed by atoms with E-state index in [2.05, 4.69) is 10.6 Å². The summed E-state index contributed by atoms with van der Waals surface area (Å²) >= 11 is 0. The van der Waals surface area contributed by atoms with Gasteiger partial charge in [0.15, 0.2) is 0 Å². The maximum atomic E-state index is 11.6. The Balaban J connectivity index is 2.25. The highest BCUT2D eigenvalue weighted by atomic mass is 16.3. The zero-order chi connectivity index (χ0) is 10.4. The lowest BCUT2D eigenvalue weighted by Crippen LogP contribution is -2.49. The van der Waals surface area contributed by atoms with Crippen LogP contribution in [0.15, 0.2) is 0 Å². The highest BCUT2D eigenvalue weighted by Gasteiger charge is 2.21. The molecule has 4 nitrogen and oxygen atoms in total. The van der Waals surface area contributed by atoms with E-state index in [-0.39, 0.29) is 24.6 Å². The summed E-state index contributed by atoms with van der Waals surface area (Å²) in [5.74, 6) is 0.0747. The molecule has 1 fully saturated rings. The van der Waals surface area contributed by atoms with Crippen molar-refractivity contribution < 1.29 is 9.90 Å². The predicted octanol–water partition coefficient (Wildman–Crippen LogP) is 0.0156. The third-order valence-corrected chi connectivity index (χ3v) is 2.58. The molecule has 14 heavy (non-hydrogen) atoms. The monoisotopic (exact) mass is 200 g/mol. The van der Waals surface area contributed by atoms with Crippen LogP contribution in [0, 0.1) is 0 Å². The molecule has 0 saturated carbocycles. The van der Waals surface area contributed by atoms with Gasteiger partial charge in [-0.3, -0.25) is 4.79 Å². The summed E-state index contributed by atoms with van der Waals surface area (Å²) in [7, 11) is 0. The van der Waals surface area contributed by atoms with Crippen LogP contribution in [0.4, 0.5) is 0 Å². The van der Waals surface area contributed by atoms with Crippen LogP contribution in [0.3, 0.4) is 0 Å². The SMILES string of the molecule is CC(CCO)NC(=O)C1CCCCN1. The summed E-state index contributed by atoms with van der Waals surface area (Å²) < 4.78 is 0. The molecule has 1 rings (SSSR count). The van der Waals surface area contributed by atoms with Gasteiger partial charge in [0.25, 0.3) is 0 Å². The number of carbonyl (C=O) groups excluding carboxylic acids is 1. The van der Waals surface area contributed by atoms with Gasteiger partial charge in [0, 0.05) is 12.6 Å². The van der Waals surface area contributed by atoms with E-state index in [9.17, 15) is 4.79 Å². The van der Waals surface area contributed by atoms with Crippen LogP contribution in [0.25, 0.3) is 0 Å². The molecule has 1 saturated heterocycles. The second-order valence-electron chi connectivity index (χ2n) is 3.92. The number of nitrogens with one attached hydrogen (secondary N) is 2. The number of aliphatic hydroxyl groups excluding tert-OH is 1. The Kier molecular flexibility index (Phi) is 4.90. The highest BCUT2D eigenvalue weighted by molar-refractivity contribution is 5.82. The average molecular weight is 200 g/mol. The minimum absolute atomic E-state index is 0.0232. The van der Waals surface area contributed by atoms with Crippen molar-refractivity contribution in [3.8, 4) is 0 Å². The second-order valence-corrected chi connectivity index (χ2v) is 3.92. The molecule has 0 spiro atoms. The molecule has 2 atom stereocenters. The predicted molar refractivity (Wildman–Crippen MR) is 54.9 cm³/mol. The van der Waals surface area contributed by atoms with E-state index < -0.39 is 0 Å². The molecule has 82 valence electrons. The van der Waals surface area contributed by atoms with Crippen LogP contribution in [0.1, 0.15) is 32.6 Å². The quantitative estimate of drug-likeness (QED) is 0.599. The summed E-state index contributed by atoms with van der Waals surface area (Å²) in [4.78, 5) is 11.6.